The summed E-state index contributed by atoms with van der Waals surface area (Å²) < 4.78 is 45.1. The molecule has 3 saturated carbocycles. The number of benzene rings is 1. The van der Waals surface area contributed by atoms with E-state index < -0.39 is 16.1 Å². The Hall–Kier alpha value is -1.81. The molecule has 1 aromatic carbocycles. The SMILES string of the molecule is CC1CC2CC(NCNS(=O)(=O)C3CCCC3)CC(C(O)CC3c4c(F)cccc4-c4cncn43)(C1)C2. The fourth-order valence-corrected chi connectivity index (χ4v) is 9.74. The number of aliphatic hydroxyl groups is 1. The van der Waals surface area contributed by atoms with Crippen LogP contribution < -0.4 is 10.0 Å². The number of aliphatic hydroxyl groups excluding tert-OH is 1. The number of hydrogen-bond acceptors (Lipinski definition) is 5. The number of fused-ring (bicyclic) bond motifs is 5. The number of imidazole rings is 1. The second-order valence-electron chi connectivity index (χ2n) is 12.2. The van der Waals surface area contributed by atoms with Crippen LogP contribution in [0.1, 0.15) is 82.7 Å². The highest BCUT2D eigenvalue weighted by Crippen LogP contribution is 2.55. The van der Waals surface area contributed by atoms with Crippen molar-refractivity contribution in [2.45, 2.75) is 94.6 Å². The molecule has 2 aromatic rings. The van der Waals surface area contributed by atoms with Crippen LogP contribution in [0.5, 0.6) is 0 Å². The monoisotopic (exact) mass is 530 g/mol. The van der Waals surface area contributed by atoms with Gasteiger partial charge in [0, 0.05) is 17.2 Å². The van der Waals surface area contributed by atoms with Crippen molar-refractivity contribution < 1.29 is 17.9 Å². The fraction of sp³-hybridized carbons (Fsp3) is 0.679. The van der Waals surface area contributed by atoms with Crippen LogP contribution in [-0.4, -0.2) is 47.1 Å². The molecule has 7 nitrogen and oxygen atoms in total. The third-order valence-corrected chi connectivity index (χ3v) is 11.6. The molecule has 202 valence electrons. The second-order valence-corrected chi connectivity index (χ2v) is 14.3. The van der Waals surface area contributed by atoms with Gasteiger partial charge >= 0.3 is 0 Å². The molecule has 3 N–H and O–H groups in total. The van der Waals surface area contributed by atoms with Crippen molar-refractivity contribution in [3.63, 3.8) is 0 Å². The molecule has 6 rings (SSSR count). The largest absolute Gasteiger partial charge is 0.392 e. The van der Waals surface area contributed by atoms with Crippen molar-refractivity contribution in [1.29, 1.82) is 0 Å². The van der Waals surface area contributed by atoms with Gasteiger partial charge in [0.1, 0.15) is 5.82 Å². The molecule has 0 spiro atoms. The molecule has 1 aliphatic heterocycles. The van der Waals surface area contributed by atoms with E-state index in [2.05, 4.69) is 21.9 Å². The molecule has 9 heteroatoms. The van der Waals surface area contributed by atoms with E-state index in [4.69, 9.17) is 0 Å². The molecule has 2 heterocycles. The van der Waals surface area contributed by atoms with E-state index in [1.165, 1.54) is 6.07 Å². The van der Waals surface area contributed by atoms with Crippen LogP contribution >= 0.6 is 0 Å². The van der Waals surface area contributed by atoms with Crippen LogP contribution in [0.15, 0.2) is 30.7 Å². The lowest BCUT2D eigenvalue weighted by Crippen LogP contribution is -2.53. The number of hydrogen-bond donors (Lipinski definition) is 3. The van der Waals surface area contributed by atoms with Crippen molar-refractivity contribution in [3.05, 3.63) is 42.1 Å². The summed E-state index contributed by atoms with van der Waals surface area (Å²) in [6.45, 7) is 2.51. The average Bonchev–Trinajstić information content (AvgIpc) is 3.58. The van der Waals surface area contributed by atoms with Crippen molar-refractivity contribution >= 4 is 10.0 Å². The van der Waals surface area contributed by atoms with Crippen molar-refractivity contribution in [1.82, 2.24) is 19.6 Å². The Morgan fingerprint density at radius 2 is 2.03 bits per heavy atom. The summed E-state index contributed by atoms with van der Waals surface area (Å²) in [6, 6.07) is 5.03. The normalized spacial score (nSPS) is 32.3. The molecule has 4 aliphatic rings. The highest BCUT2D eigenvalue weighted by molar-refractivity contribution is 7.90. The van der Waals surface area contributed by atoms with Gasteiger partial charge in [-0.25, -0.2) is 22.5 Å². The van der Waals surface area contributed by atoms with Gasteiger partial charge in [0.15, 0.2) is 0 Å². The molecule has 6 atom stereocenters. The summed E-state index contributed by atoms with van der Waals surface area (Å²) in [5.74, 6) is 0.780. The van der Waals surface area contributed by atoms with Crippen LogP contribution in [0.2, 0.25) is 0 Å². The summed E-state index contributed by atoms with van der Waals surface area (Å²) >= 11 is 0. The third kappa shape index (κ3) is 4.66. The van der Waals surface area contributed by atoms with E-state index in [1.807, 2.05) is 10.6 Å². The summed E-state index contributed by atoms with van der Waals surface area (Å²) in [4.78, 5) is 4.30. The van der Waals surface area contributed by atoms with Crippen LogP contribution in [0, 0.1) is 23.1 Å². The summed E-state index contributed by atoms with van der Waals surface area (Å²) in [5.41, 5.74) is 2.15. The van der Waals surface area contributed by atoms with Gasteiger partial charge in [-0.2, -0.15) is 0 Å². The van der Waals surface area contributed by atoms with E-state index in [9.17, 15) is 13.5 Å². The van der Waals surface area contributed by atoms with E-state index in [-0.39, 0.29) is 35.2 Å². The minimum Gasteiger partial charge on any atom is -0.392 e. The molecule has 37 heavy (non-hydrogen) atoms. The lowest BCUT2D eigenvalue weighted by molar-refractivity contribution is -0.0784. The van der Waals surface area contributed by atoms with Crippen LogP contribution in [0.4, 0.5) is 4.39 Å². The first-order valence-electron chi connectivity index (χ1n) is 14.0. The van der Waals surface area contributed by atoms with Gasteiger partial charge in [-0.3, -0.25) is 0 Å². The van der Waals surface area contributed by atoms with Crippen LogP contribution in [0.3, 0.4) is 0 Å². The molecular formula is C28H39FN4O3S. The molecule has 3 aliphatic carbocycles. The quantitative estimate of drug-likeness (QED) is 0.442. The summed E-state index contributed by atoms with van der Waals surface area (Å²) in [5, 5.41) is 15.1. The van der Waals surface area contributed by atoms with Crippen molar-refractivity contribution in [2.75, 3.05) is 6.67 Å². The van der Waals surface area contributed by atoms with Gasteiger partial charge in [-0.05, 0) is 74.7 Å². The number of nitrogens with one attached hydrogen (secondary N) is 2. The Morgan fingerprint density at radius 1 is 1.22 bits per heavy atom. The minimum absolute atomic E-state index is 0.142. The standard InChI is InChI=1S/C28H39FN4O3S/c1-18-9-19-10-20(31-16-32-37(35,36)21-5-2-3-6-21)14-28(12-18,13-19)26(34)11-24-27-22(7-4-8-23(27)29)25-15-30-17-33(24)25/h4,7-8,15,17-21,24,26,31-32,34H,2-3,5-6,9-14,16H2,1H3. The third-order valence-electron chi connectivity index (χ3n) is 9.68. The summed E-state index contributed by atoms with van der Waals surface area (Å²) in [7, 11) is -3.30. The Bertz CT molecular complexity index is 1240. The zero-order valence-corrected chi connectivity index (χ0v) is 22.4. The van der Waals surface area contributed by atoms with Gasteiger partial charge in [0.05, 0.1) is 42.3 Å². The average molecular weight is 531 g/mol. The van der Waals surface area contributed by atoms with Crippen LogP contribution in [0.25, 0.3) is 11.3 Å². The van der Waals surface area contributed by atoms with Gasteiger partial charge < -0.3 is 15.0 Å². The van der Waals surface area contributed by atoms with Crippen molar-refractivity contribution in [2.24, 2.45) is 17.3 Å². The predicted octanol–water partition coefficient (Wildman–Crippen LogP) is 4.34. The topological polar surface area (TPSA) is 96.2 Å². The van der Waals surface area contributed by atoms with E-state index in [1.54, 1.807) is 18.6 Å². The lowest BCUT2D eigenvalue weighted by atomic mass is 9.55. The maximum Gasteiger partial charge on any atom is 0.215 e. The minimum atomic E-state index is -3.30. The van der Waals surface area contributed by atoms with E-state index in [0.717, 1.165) is 69.0 Å². The first-order valence-corrected chi connectivity index (χ1v) is 15.5. The highest BCUT2D eigenvalue weighted by atomic mass is 32.2. The predicted molar refractivity (Wildman–Crippen MR) is 141 cm³/mol. The van der Waals surface area contributed by atoms with E-state index in [0.29, 0.717) is 23.8 Å². The zero-order chi connectivity index (χ0) is 25.8. The van der Waals surface area contributed by atoms with Gasteiger partial charge in [0.25, 0.3) is 0 Å². The number of halogens is 1. The van der Waals surface area contributed by atoms with E-state index >= 15 is 4.39 Å². The number of rotatable bonds is 8. The number of aromatic nitrogens is 2. The Balaban J connectivity index is 1.18. The zero-order valence-electron chi connectivity index (χ0n) is 21.6. The lowest BCUT2D eigenvalue weighted by Gasteiger charge is -2.53. The molecule has 0 amide bonds. The molecule has 6 unspecified atom stereocenters. The number of nitrogens with zero attached hydrogens (tertiary/aromatic N) is 2. The molecule has 0 radical (unpaired) electrons. The smallest absolute Gasteiger partial charge is 0.215 e. The molecular weight excluding hydrogens is 491 g/mol. The second kappa shape index (κ2) is 9.74. The van der Waals surface area contributed by atoms with Crippen LogP contribution in [-0.2, 0) is 10.0 Å². The molecule has 3 fully saturated rings. The summed E-state index contributed by atoms with van der Waals surface area (Å²) in [6.07, 6.45) is 11.7. The Morgan fingerprint density at radius 3 is 2.84 bits per heavy atom. The van der Waals surface area contributed by atoms with Gasteiger partial charge in [-0.15, -0.1) is 0 Å². The maximum absolute atomic E-state index is 15.0. The Kier molecular flexibility index (Phi) is 6.70. The van der Waals surface area contributed by atoms with Gasteiger partial charge in [0.2, 0.25) is 10.0 Å². The maximum atomic E-state index is 15.0. The molecule has 0 saturated heterocycles. The van der Waals surface area contributed by atoms with Gasteiger partial charge in [-0.1, -0.05) is 31.9 Å². The molecule has 2 bridgehead atoms. The molecule has 1 aromatic heterocycles. The van der Waals surface area contributed by atoms with Crippen molar-refractivity contribution in [3.8, 4) is 11.3 Å². The first kappa shape index (κ1) is 25.5. The fourth-order valence-electron chi connectivity index (χ4n) is 8.27. The highest BCUT2D eigenvalue weighted by Gasteiger charge is 2.50. The first-order chi connectivity index (χ1) is 17.8. The Labute approximate surface area is 219 Å². The number of sulfonamides is 1.